The van der Waals surface area contributed by atoms with Crippen molar-refractivity contribution >= 4 is 0 Å². The summed E-state index contributed by atoms with van der Waals surface area (Å²) in [5.74, 6) is 0.633. The van der Waals surface area contributed by atoms with E-state index in [1.54, 1.807) is 0 Å². The first kappa shape index (κ1) is 6.81. The first-order chi connectivity index (χ1) is 4.33. The van der Waals surface area contributed by atoms with E-state index in [9.17, 15) is 0 Å². The van der Waals surface area contributed by atoms with E-state index in [1.807, 2.05) is 0 Å². The Morgan fingerprint density at radius 2 is 2.44 bits per heavy atom. The van der Waals surface area contributed by atoms with Crippen molar-refractivity contribution in [2.45, 2.75) is 32.3 Å². The summed E-state index contributed by atoms with van der Waals surface area (Å²) in [6.45, 7) is 2.16. The molecule has 0 saturated heterocycles. The van der Waals surface area contributed by atoms with Gasteiger partial charge in [-0.15, -0.1) is 0 Å². The molecule has 0 fully saturated rings. The maximum Gasteiger partial charge on any atom is 0.0580 e. The highest BCUT2D eigenvalue weighted by Gasteiger charge is 2.12. The van der Waals surface area contributed by atoms with Crippen LogP contribution in [0, 0.1) is 5.92 Å². The first-order valence-electron chi connectivity index (χ1n) is 3.67. The van der Waals surface area contributed by atoms with Gasteiger partial charge in [0.15, 0.2) is 0 Å². The summed E-state index contributed by atoms with van der Waals surface area (Å²) in [5.41, 5.74) is 0. The van der Waals surface area contributed by atoms with E-state index in [0.717, 1.165) is 19.3 Å². The summed E-state index contributed by atoms with van der Waals surface area (Å²) < 4.78 is 0. The molecular weight excluding hydrogens is 112 g/mol. The van der Waals surface area contributed by atoms with E-state index in [0.29, 0.717) is 5.92 Å². The molecule has 1 N–H and O–H groups in total. The fourth-order valence-corrected chi connectivity index (χ4v) is 1.26. The van der Waals surface area contributed by atoms with E-state index in [2.05, 4.69) is 19.1 Å². The van der Waals surface area contributed by atoms with Crippen LogP contribution in [0.4, 0.5) is 0 Å². The predicted molar refractivity (Wildman–Crippen MR) is 38.2 cm³/mol. The van der Waals surface area contributed by atoms with Gasteiger partial charge in [0, 0.05) is 0 Å². The lowest BCUT2D eigenvalue weighted by molar-refractivity contribution is 0.146. The zero-order valence-corrected chi connectivity index (χ0v) is 5.88. The van der Waals surface area contributed by atoms with Gasteiger partial charge in [-0.1, -0.05) is 19.1 Å². The SMILES string of the molecule is CCC1C=CCC(O)C1. The van der Waals surface area contributed by atoms with Crippen LogP contribution >= 0.6 is 0 Å². The Kier molecular flexibility index (Phi) is 2.29. The highest BCUT2D eigenvalue weighted by atomic mass is 16.3. The molecule has 0 aromatic carbocycles. The quantitative estimate of drug-likeness (QED) is 0.530. The van der Waals surface area contributed by atoms with Crippen LogP contribution in [-0.2, 0) is 0 Å². The molecular formula is C8H14O. The number of rotatable bonds is 1. The molecule has 9 heavy (non-hydrogen) atoms. The van der Waals surface area contributed by atoms with Gasteiger partial charge in [0.25, 0.3) is 0 Å². The summed E-state index contributed by atoms with van der Waals surface area (Å²) in [6.07, 6.45) is 7.21. The van der Waals surface area contributed by atoms with E-state index in [4.69, 9.17) is 5.11 Å². The average molecular weight is 126 g/mol. The second kappa shape index (κ2) is 3.02. The average Bonchev–Trinajstić information content (AvgIpc) is 1.88. The van der Waals surface area contributed by atoms with Gasteiger partial charge in [-0.2, -0.15) is 0 Å². The van der Waals surface area contributed by atoms with E-state index >= 15 is 0 Å². The van der Waals surface area contributed by atoms with E-state index in [1.165, 1.54) is 0 Å². The monoisotopic (exact) mass is 126 g/mol. The molecule has 0 spiro atoms. The second-order valence-electron chi connectivity index (χ2n) is 2.72. The molecule has 2 atom stereocenters. The smallest absolute Gasteiger partial charge is 0.0580 e. The highest BCUT2D eigenvalue weighted by molar-refractivity contribution is 4.95. The highest BCUT2D eigenvalue weighted by Crippen LogP contribution is 2.19. The summed E-state index contributed by atoms with van der Waals surface area (Å²) in [5, 5.41) is 9.16. The van der Waals surface area contributed by atoms with Gasteiger partial charge in [0.2, 0.25) is 0 Å². The lowest BCUT2D eigenvalue weighted by atomic mass is 9.92. The molecule has 0 aromatic rings. The van der Waals surface area contributed by atoms with Crippen molar-refractivity contribution in [2.75, 3.05) is 0 Å². The third kappa shape index (κ3) is 1.83. The Bertz CT molecular complexity index is 107. The molecule has 1 rings (SSSR count). The fourth-order valence-electron chi connectivity index (χ4n) is 1.26. The fraction of sp³-hybridized carbons (Fsp3) is 0.750. The third-order valence-electron chi connectivity index (χ3n) is 1.92. The van der Waals surface area contributed by atoms with Gasteiger partial charge in [-0.3, -0.25) is 0 Å². The molecule has 0 heterocycles. The van der Waals surface area contributed by atoms with E-state index < -0.39 is 0 Å². The Morgan fingerprint density at radius 3 is 2.89 bits per heavy atom. The second-order valence-corrected chi connectivity index (χ2v) is 2.72. The van der Waals surface area contributed by atoms with Crippen molar-refractivity contribution in [3.8, 4) is 0 Å². The number of aliphatic hydroxyl groups is 1. The Labute approximate surface area is 56.4 Å². The maximum absolute atomic E-state index is 9.16. The minimum absolute atomic E-state index is 0.0695. The van der Waals surface area contributed by atoms with Crippen molar-refractivity contribution in [2.24, 2.45) is 5.92 Å². The molecule has 0 aromatic heterocycles. The normalized spacial score (nSPS) is 34.9. The predicted octanol–water partition coefficient (Wildman–Crippen LogP) is 1.72. The minimum Gasteiger partial charge on any atom is -0.393 e. The van der Waals surface area contributed by atoms with Crippen molar-refractivity contribution in [1.82, 2.24) is 0 Å². The van der Waals surface area contributed by atoms with Crippen LogP contribution in [0.2, 0.25) is 0 Å². The molecule has 0 aliphatic heterocycles. The maximum atomic E-state index is 9.16. The van der Waals surface area contributed by atoms with Gasteiger partial charge in [-0.05, 0) is 25.2 Å². The molecule has 0 radical (unpaired) electrons. The Morgan fingerprint density at radius 1 is 1.67 bits per heavy atom. The molecule has 0 saturated carbocycles. The zero-order valence-electron chi connectivity index (χ0n) is 5.88. The minimum atomic E-state index is -0.0695. The van der Waals surface area contributed by atoms with Crippen LogP contribution in [0.3, 0.4) is 0 Å². The molecule has 52 valence electrons. The number of hydrogen-bond donors (Lipinski definition) is 1. The molecule has 1 heteroatoms. The Balaban J connectivity index is 2.39. The number of aliphatic hydroxyl groups excluding tert-OH is 1. The lowest BCUT2D eigenvalue weighted by Gasteiger charge is -2.18. The van der Waals surface area contributed by atoms with Gasteiger partial charge in [-0.25, -0.2) is 0 Å². The largest absolute Gasteiger partial charge is 0.393 e. The standard InChI is InChI=1S/C8H14O/c1-2-7-4-3-5-8(9)6-7/h3-4,7-9H,2,5-6H2,1H3. The van der Waals surface area contributed by atoms with Crippen LogP contribution in [0.1, 0.15) is 26.2 Å². The third-order valence-corrected chi connectivity index (χ3v) is 1.92. The molecule has 1 aliphatic rings. The van der Waals surface area contributed by atoms with Gasteiger partial charge < -0.3 is 5.11 Å². The van der Waals surface area contributed by atoms with E-state index in [-0.39, 0.29) is 6.10 Å². The van der Waals surface area contributed by atoms with Crippen molar-refractivity contribution < 1.29 is 5.11 Å². The lowest BCUT2D eigenvalue weighted by Crippen LogP contribution is -2.14. The molecule has 1 aliphatic carbocycles. The van der Waals surface area contributed by atoms with Crippen LogP contribution in [-0.4, -0.2) is 11.2 Å². The van der Waals surface area contributed by atoms with Gasteiger partial charge in [0.1, 0.15) is 0 Å². The van der Waals surface area contributed by atoms with Crippen molar-refractivity contribution in [3.05, 3.63) is 12.2 Å². The summed E-state index contributed by atoms with van der Waals surface area (Å²) in [4.78, 5) is 0. The van der Waals surface area contributed by atoms with Crippen LogP contribution in [0.25, 0.3) is 0 Å². The van der Waals surface area contributed by atoms with Crippen molar-refractivity contribution in [3.63, 3.8) is 0 Å². The molecule has 0 amide bonds. The van der Waals surface area contributed by atoms with Crippen LogP contribution in [0.5, 0.6) is 0 Å². The van der Waals surface area contributed by atoms with Crippen molar-refractivity contribution in [1.29, 1.82) is 0 Å². The number of allylic oxidation sites excluding steroid dienone is 1. The Hall–Kier alpha value is -0.300. The molecule has 0 bridgehead atoms. The number of hydrogen-bond acceptors (Lipinski definition) is 1. The topological polar surface area (TPSA) is 20.2 Å². The molecule has 1 nitrogen and oxygen atoms in total. The zero-order chi connectivity index (χ0) is 6.69. The summed E-state index contributed by atoms with van der Waals surface area (Å²) in [7, 11) is 0. The van der Waals surface area contributed by atoms with Crippen LogP contribution in [0.15, 0.2) is 12.2 Å². The summed E-state index contributed by atoms with van der Waals surface area (Å²) in [6, 6.07) is 0. The van der Waals surface area contributed by atoms with Gasteiger partial charge in [0.05, 0.1) is 6.10 Å². The first-order valence-corrected chi connectivity index (χ1v) is 3.67. The van der Waals surface area contributed by atoms with Gasteiger partial charge >= 0.3 is 0 Å². The van der Waals surface area contributed by atoms with Crippen LogP contribution < -0.4 is 0 Å². The molecule has 2 unspecified atom stereocenters. The summed E-state index contributed by atoms with van der Waals surface area (Å²) >= 11 is 0.